The third-order valence-electron chi connectivity index (χ3n) is 2.81. The molecule has 108 valence electrons. The molecule has 1 saturated heterocycles. The van der Waals surface area contributed by atoms with E-state index < -0.39 is 24.5 Å². The normalized spacial score (nSPS) is 18.5. The van der Waals surface area contributed by atoms with Gasteiger partial charge in [0.25, 0.3) is 5.91 Å². The van der Waals surface area contributed by atoms with Crippen molar-refractivity contribution in [2.24, 2.45) is 0 Å². The summed E-state index contributed by atoms with van der Waals surface area (Å²) >= 11 is 0. The van der Waals surface area contributed by atoms with Crippen LogP contribution in [-0.2, 0) is 19.1 Å². The first-order chi connectivity index (χ1) is 9.58. The van der Waals surface area contributed by atoms with E-state index in [1.165, 1.54) is 24.3 Å². The maximum Gasteiger partial charge on any atom is 0.323 e. The predicted octanol–water partition coefficient (Wildman–Crippen LogP) is 0.225. The van der Waals surface area contributed by atoms with E-state index in [1.54, 1.807) is 0 Å². The second-order valence-electron chi connectivity index (χ2n) is 4.27. The molecule has 1 aromatic rings. The molecule has 1 aliphatic heterocycles. The standard InChI is InChI=1S/C13H15NO6/c15-10-3-1-9(2-4-10)14(7-12(16)17)13(18)11-8-19-5-6-20-11/h1-4,11,15H,5-8H2,(H,16,17). The molecule has 20 heavy (non-hydrogen) atoms. The van der Waals surface area contributed by atoms with Crippen molar-refractivity contribution in [2.75, 3.05) is 31.3 Å². The molecular formula is C13H15NO6. The van der Waals surface area contributed by atoms with Crippen LogP contribution in [0.1, 0.15) is 0 Å². The molecule has 1 unspecified atom stereocenters. The fourth-order valence-corrected chi connectivity index (χ4v) is 1.87. The number of aromatic hydroxyl groups is 1. The van der Waals surface area contributed by atoms with E-state index in [0.29, 0.717) is 18.9 Å². The van der Waals surface area contributed by atoms with Gasteiger partial charge in [-0.2, -0.15) is 0 Å². The van der Waals surface area contributed by atoms with E-state index in [2.05, 4.69) is 0 Å². The number of hydrogen-bond donors (Lipinski definition) is 2. The molecule has 0 radical (unpaired) electrons. The third-order valence-corrected chi connectivity index (χ3v) is 2.81. The molecule has 1 atom stereocenters. The molecule has 1 fully saturated rings. The summed E-state index contributed by atoms with van der Waals surface area (Å²) in [5.41, 5.74) is 0.379. The molecule has 0 aromatic heterocycles. The highest BCUT2D eigenvalue weighted by molar-refractivity contribution is 6.00. The van der Waals surface area contributed by atoms with Crippen molar-refractivity contribution in [3.8, 4) is 5.75 Å². The number of anilines is 1. The number of carboxylic acids is 1. The van der Waals surface area contributed by atoms with Crippen LogP contribution < -0.4 is 4.90 Å². The van der Waals surface area contributed by atoms with Gasteiger partial charge >= 0.3 is 5.97 Å². The number of carbonyl (C=O) groups is 2. The maximum absolute atomic E-state index is 12.3. The number of amides is 1. The highest BCUT2D eigenvalue weighted by Crippen LogP contribution is 2.20. The van der Waals surface area contributed by atoms with E-state index in [-0.39, 0.29) is 12.4 Å². The highest BCUT2D eigenvalue weighted by Gasteiger charge is 2.29. The minimum absolute atomic E-state index is 0.0359. The van der Waals surface area contributed by atoms with Gasteiger partial charge in [0.1, 0.15) is 12.3 Å². The van der Waals surface area contributed by atoms with Crippen molar-refractivity contribution in [1.82, 2.24) is 0 Å². The van der Waals surface area contributed by atoms with Crippen molar-refractivity contribution in [3.63, 3.8) is 0 Å². The SMILES string of the molecule is O=C(O)CN(C(=O)C1COCCO1)c1ccc(O)cc1. The van der Waals surface area contributed by atoms with Crippen molar-refractivity contribution >= 4 is 17.6 Å². The fraction of sp³-hybridized carbons (Fsp3) is 0.385. The lowest BCUT2D eigenvalue weighted by Gasteiger charge is -2.28. The molecule has 1 amide bonds. The Morgan fingerprint density at radius 2 is 1.95 bits per heavy atom. The van der Waals surface area contributed by atoms with Gasteiger partial charge < -0.3 is 19.7 Å². The van der Waals surface area contributed by atoms with E-state index >= 15 is 0 Å². The molecular weight excluding hydrogens is 266 g/mol. The summed E-state index contributed by atoms with van der Waals surface area (Å²) in [6.45, 7) is 0.339. The van der Waals surface area contributed by atoms with Crippen molar-refractivity contribution in [3.05, 3.63) is 24.3 Å². The summed E-state index contributed by atoms with van der Waals surface area (Å²) in [7, 11) is 0. The predicted molar refractivity (Wildman–Crippen MR) is 68.7 cm³/mol. The Morgan fingerprint density at radius 1 is 1.25 bits per heavy atom. The zero-order valence-corrected chi connectivity index (χ0v) is 10.7. The maximum atomic E-state index is 12.3. The topological polar surface area (TPSA) is 96.3 Å². The molecule has 1 heterocycles. The van der Waals surface area contributed by atoms with E-state index in [9.17, 15) is 14.7 Å². The van der Waals surface area contributed by atoms with Gasteiger partial charge in [-0.3, -0.25) is 14.5 Å². The number of benzene rings is 1. The van der Waals surface area contributed by atoms with Crippen molar-refractivity contribution in [1.29, 1.82) is 0 Å². The Balaban J connectivity index is 2.19. The van der Waals surface area contributed by atoms with Crippen LogP contribution in [0.2, 0.25) is 0 Å². The molecule has 2 N–H and O–H groups in total. The summed E-state index contributed by atoms with van der Waals surface area (Å²) in [4.78, 5) is 24.3. The smallest absolute Gasteiger partial charge is 0.323 e. The van der Waals surface area contributed by atoms with Crippen molar-refractivity contribution < 1.29 is 29.3 Å². The number of carbonyl (C=O) groups excluding carboxylic acids is 1. The number of nitrogens with zero attached hydrogens (tertiary/aromatic N) is 1. The van der Waals surface area contributed by atoms with Crippen LogP contribution in [0.3, 0.4) is 0 Å². The molecule has 0 saturated carbocycles. The molecule has 0 bridgehead atoms. The van der Waals surface area contributed by atoms with Gasteiger partial charge in [-0.25, -0.2) is 0 Å². The van der Waals surface area contributed by atoms with E-state index in [0.717, 1.165) is 4.90 Å². The van der Waals surface area contributed by atoms with Crippen LogP contribution in [0.25, 0.3) is 0 Å². The lowest BCUT2D eigenvalue weighted by molar-refractivity contribution is -0.147. The van der Waals surface area contributed by atoms with Crippen LogP contribution in [0.15, 0.2) is 24.3 Å². The number of carboxylic acid groups (broad SMARTS) is 1. The van der Waals surface area contributed by atoms with Gasteiger partial charge in [0.05, 0.1) is 19.8 Å². The molecule has 2 rings (SSSR count). The second-order valence-corrected chi connectivity index (χ2v) is 4.27. The Kier molecular flexibility index (Phi) is 4.54. The van der Waals surface area contributed by atoms with Gasteiger partial charge in [-0.1, -0.05) is 0 Å². The Morgan fingerprint density at radius 3 is 2.50 bits per heavy atom. The molecule has 1 aromatic carbocycles. The first kappa shape index (κ1) is 14.3. The molecule has 7 heteroatoms. The Labute approximate surface area is 115 Å². The quantitative estimate of drug-likeness (QED) is 0.820. The van der Waals surface area contributed by atoms with Gasteiger partial charge in [0, 0.05) is 5.69 Å². The van der Waals surface area contributed by atoms with Crippen molar-refractivity contribution in [2.45, 2.75) is 6.10 Å². The van der Waals surface area contributed by atoms with Crippen LogP contribution in [0.4, 0.5) is 5.69 Å². The summed E-state index contributed by atoms with van der Waals surface area (Å²) < 4.78 is 10.4. The fourth-order valence-electron chi connectivity index (χ4n) is 1.87. The lowest BCUT2D eigenvalue weighted by Crippen LogP contribution is -2.47. The van der Waals surface area contributed by atoms with Gasteiger partial charge in [0.15, 0.2) is 6.10 Å². The minimum Gasteiger partial charge on any atom is -0.508 e. The summed E-state index contributed by atoms with van der Waals surface area (Å²) in [6.07, 6.45) is -0.808. The number of aliphatic carboxylic acids is 1. The van der Waals surface area contributed by atoms with Crippen LogP contribution in [0.5, 0.6) is 5.75 Å². The molecule has 0 aliphatic carbocycles. The number of phenolic OH excluding ortho intramolecular Hbond substituents is 1. The van der Waals surface area contributed by atoms with Crippen LogP contribution in [-0.4, -0.2) is 54.6 Å². The first-order valence-electron chi connectivity index (χ1n) is 6.09. The largest absolute Gasteiger partial charge is 0.508 e. The lowest BCUT2D eigenvalue weighted by atomic mass is 10.2. The van der Waals surface area contributed by atoms with Crippen LogP contribution >= 0.6 is 0 Å². The molecule has 0 spiro atoms. The zero-order valence-electron chi connectivity index (χ0n) is 10.7. The zero-order chi connectivity index (χ0) is 14.5. The third kappa shape index (κ3) is 3.46. The summed E-state index contributed by atoms with van der Waals surface area (Å²) in [6, 6.07) is 5.71. The van der Waals surface area contributed by atoms with Gasteiger partial charge in [-0.05, 0) is 24.3 Å². The summed E-state index contributed by atoms with van der Waals surface area (Å²) in [5.74, 6) is -1.57. The first-order valence-corrected chi connectivity index (χ1v) is 6.09. The van der Waals surface area contributed by atoms with E-state index in [1.807, 2.05) is 0 Å². The molecule has 1 aliphatic rings. The second kappa shape index (κ2) is 6.36. The Bertz CT molecular complexity index is 480. The monoisotopic (exact) mass is 281 g/mol. The van der Waals surface area contributed by atoms with Gasteiger partial charge in [-0.15, -0.1) is 0 Å². The minimum atomic E-state index is -1.14. The number of phenols is 1. The summed E-state index contributed by atoms with van der Waals surface area (Å²) in [5, 5.41) is 18.2. The average Bonchev–Trinajstić information content (AvgIpc) is 2.46. The number of rotatable bonds is 4. The van der Waals surface area contributed by atoms with Gasteiger partial charge in [0.2, 0.25) is 0 Å². The number of hydrogen-bond acceptors (Lipinski definition) is 5. The average molecular weight is 281 g/mol. The van der Waals surface area contributed by atoms with E-state index in [4.69, 9.17) is 14.6 Å². The highest BCUT2D eigenvalue weighted by atomic mass is 16.6. The Hall–Kier alpha value is -2.12. The molecule has 7 nitrogen and oxygen atoms in total. The van der Waals surface area contributed by atoms with Crippen LogP contribution in [0, 0.1) is 0 Å². The number of ether oxygens (including phenoxy) is 2.